The van der Waals surface area contributed by atoms with E-state index in [4.69, 9.17) is 9.47 Å². The van der Waals surface area contributed by atoms with E-state index in [0.29, 0.717) is 13.2 Å². The van der Waals surface area contributed by atoms with E-state index in [2.05, 4.69) is 11.6 Å². The van der Waals surface area contributed by atoms with Gasteiger partial charge in [-0.1, -0.05) is 6.58 Å². The number of rotatable bonds is 7. The van der Waals surface area contributed by atoms with E-state index in [1.54, 1.807) is 11.3 Å². The number of thiazole rings is 1. The van der Waals surface area contributed by atoms with Gasteiger partial charge in [-0.05, 0) is 6.92 Å². The fourth-order valence-corrected chi connectivity index (χ4v) is 1.79. The van der Waals surface area contributed by atoms with Gasteiger partial charge in [-0.3, -0.25) is 0 Å². The highest BCUT2D eigenvalue weighted by Crippen LogP contribution is 2.12. The molecule has 4 heteroatoms. The van der Waals surface area contributed by atoms with Gasteiger partial charge in [0, 0.05) is 11.3 Å². The molecule has 0 fully saturated rings. The fraction of sp³-hybridized carbons (Fsp3) is 0.500. The van der Waals surface area contributed by atoms with Crippen LogP contribution in [0.2, 0.25) is 0 Å². The first kappa shape index (κ1) is 11.2. The molecule has 0 aliphatic carbocycles. The van der Waals surface area contributed by atoms with Crippen molar-refractivity contribution in [3.05, 3.63) is 28.9 Å². The summed E-state index contributed by atoms with van der Waals surface area (Å²) in [5.74, 6) is 0. The van der Waals surface area contributed by atoms with Gasteiger partial charge >= 0.3 is 0 Å². The molecule has 1 rings (SSSR count). The normalized spacial score (nSPS) is 10.1. The molecule has 1 aromatic rings. The Bertz CT molecular complexity index is 273. The monoisotopic (exact) mass is 213 g/mol. The molecule has 0 amide bonds. The van der Waals surface area contributed by atoms with Crippen LogP contribution >= 0.6 is 11.3 Å². The topological polar surface area (TPSA) is 31.4 Å². The maximum atomic E-state index is 5.37. The van der Waals surface area contributed by atoms with E-state index in [-0.39, 0.29) is 0 Å². The number of hydrogen-bond acceptors (Lipinski definition) is 4. The average Bonchev–Trinajstić information content (AvgIpc) is 2.58. The summed E-state index contributed by atoms with van der Waals surface area (Å²) in [4.78, 5) is 5.47. The Morgan fingerprint density at radius 1 is 1.50 bits per heavy atom. The van der Waals surface area contributed by atoms with Gasteiger partial charge in [-0.2, -0.15) is 0 Å². The molecule has 14 heavy (non-hydrogen) atoms. The number of hydrogen-bond donors (Lipinski definition) is 0. The van der Waals surface area contributed by atoms with Crippen molar-refractivity contribution < 1.29 is 9.47 Å². The van der Waals surface area contributed by atoms with Crippen LogP contribution in [0, 0.1) is 6.92 Å². The Kier molecular flexibility index (Phi) is 5.25. The molecule has 0 spiro atoms. The molecule has 1 heterocycles. The Labute approximate surface area is 88.4 Å². The predicted octanol–water partition coefficient (Wildman–Crippen LogP) is 2.17. The lowest BCUT2D eigenvalue weighted by Crippen LogP contribution is -2.04. The first-order valence-electron chi connectivity index (χ1n) is 4.54. The Morgan fingerprint density at radius 2 is 2.36 bits per heavy atom. The average molecular weight is 213 g/mol. The van der Waals surface area contributed by atoms with E-state index >= 15 is 0 Å². The molecule has 0 aliphatic heterocycles. The minimum Gasteiger partial charge on any atom is -0.499 e. The lowest BCUT2D eigenvalue weighted by atomic mass is 10.3. The summed E-state index contributed by atoms with van der Waals surface area (Å²) in [6.07, 6.45) is 2.36. The van der Waals surface area contributed by atoms with Crippen molar-refractivity contribution in [3.63, 3.8) is 0 Å². The summed E-state index contributed by atoms with van der Waals surface area (Å²) < 4.78 is 10.3. The molecule has 0 aromatic carbocycles. The van der Waals surface area contributed by atoms with Crippen LogP contribution in [0.15, 0.2) is 18.4 Å². The largest absolute Gasteiger partial charge is 0.499 e. The lowest BCUT2D eigenvalue weighted by Gasteiger charge is -2.02. The highest BCUT2D eigenvalue weighted by molar-refractivity contribution is 7.09. The van der Waals surface area contributed by atoms with Crippen molar-refractivity contribution in [2.45, 2.75) is 13.3 Å². The second-order valence-electron chi connectivity index (χ2n) is 2.76. The van der Waals surface area contributed by atoms with Gasteiger partial charge in [0.25, 0.3) is 0 Å². The Hall–Kier alpha value is -0.870. The third-order valence-corrected chi connectivity index (χ3v) is 2.78. The smallest absolute Gasteiger partial charge is 0.111 e. The van der Waals surface area contributed by atoms with Crippen LogP contribution < -0.4 is 0 Å². The van der Waals surface area contributed by atoms with Crippen LogP contribution in [-0.2, 0) is 15.9 Å². The molecule has 3 nitrogen and oxygen atoms in total. The quantitative estimate of drug-likeness (QED) is 0.514. The molecule has 0 radical (unpaired) electrons. The minimum atomic E-state index is 0.575. The lowest BCUT2D eigenvalue weighted by molar-refractivity contribution is 0.0873. The predicted molar refractivity (Wildman–Crippen MR) is 57.5 cm³/mol. The zero-order valence-electron chi connectivity index (χ0n) is 8.36. The van der Waals surface area contributed by atoms with Crippen LogP contribution in [-0.4, -0.2) is 24.8 Å². The molecule has 0 saturated heterocycles. The summed E-state index contributed by atoms with van der Waals surface area (Å²) in [6.45, 7) is 7.38. The highest BCUT2D eigenvalue weighted by atomic mass is 32.1. The van der Waals surface area contributed by atoms with Gasteiger partial charge in [-0.25, -0.2) is 4.98 Å². The van der Waals surface area contributed by atoms with Crippen molar-refractivity contribution in [1.82, 2.24) is 4.98 Å². The zero-order chi connectivity index (χ0) is 10.2. The highest BCUT2D eigenvalue weighted by Gasteiger charge is 2.00. The van der Waals surface area contributed by atoms with Gasteiger partial charge in [0.15, 0.2) is 0 Å². The van der Waals surface area contributed by atoms with Gasteiger partial charge in [-0.15, -0.1) is 11.3 Å². The van der Waals surface area contributed by atoms with Crippen molar-refractivity contribution in [1.29, 1.82) is 0 Å². The number of aryl methyl sites for hydroxylation is 1. The van der Waals surface area contributed by atoms with Crippen molar-refractivity contribution >= 4 is 11.3 Å². The second kappa shape index (κ2) is 6.56. The molecule has 0 unspecified atom stereocenters. The van der Waals surface area contributed by atoms with Gasteiger partial charge in [0.05, 0.1) is 30.7 Å². The van der Waals surface area contributed by atoms with E-state index < -0.39 is 0 Å². The number of aromatic nitrogens is 1. The molecule has 0 aliphatic rings. The summed E-state index contributed by atoms with van der Waals surface area (Å²) in [6, 6.07) is 0. The third-order valence-electron chi connectivity index (χ3n) is 1.78. The van der Waals surface area contributed by atoms with E-state index in [1.165, 1.54) is 11.1 Å². The molecule has 0 N–H and O–H groups in total. The SMILES string of the molecule is C=COCCOCCc1scnc1C. The molecular formula is C10H15NO2S. The summed E-state index contributed by atoms with van der Waals surface area (Å²) in [5.41, 5.74) is 2.98. The summed E-state index contributed by atoms with van der Waals surface area (Å²) in [7, 11) is 0. The number of nitrogens with zero attached hydrogens (tertiary/aromatic N) is 1. The molecule has 0 atom stereocenters. The van der Waals surface area contributed by atoms with Crippen LogP contribution in [0.3, 0.4) is 0 Å². The van der Waals surface area contributed by atoms with Gasteiger partial charge in [0.1, 0.15) is 6.61 Å². The van der Waals surface area contributed by atoms with Gasteiger partial charge < -0.3 is 9.47 Å². The third kappa shape index (κ3) is 3.89. The standard InChI is InChI=1S/C10H15NO2S/c1-3-12-6-7-13-5-4-10-9(2)11-8-14-10/h3,8H,1,4-7H2,2H3. The van der Waals surface area contributed by atoms with Crippen molar-refractivity contribution in [2.75, 3.05) is 19.8 Å². The molecule has 78 valence electrons. The maximum Gasteiger partial charge on any atom is 0.111 e. The van der Waals surface area contributed by atoms with Crippen molar-refractivity contribution in [3.8, 4) is 0 Å². The van der Waals surface area contributed by atoms with Gasteiger partial charge in [0.2, 0.25) is 0 Å². The van der Waals surface area contributed by atoms with E-state index in [0.717, 1.165) is 18.7 Å². The summed E-state index contributed by atoms with van der Waals surface area (Å²) >= 11 is 1.68. The second-order valence-corrected chi connectivity index (χ2v) is 3.70. The fourth-order valence-electron chi connectivity index (χ4n) is 1.02. The minimum absolute atomic E-state index is 0.575. The first-order valence-corrected chi connectivity index (χ1v) is 5.41. The van der Waals surface area contributed by atoms with Crippen LogP contribution in [0.5, 0.6) is 0 Å². The van der Waals surface area contributed by atoms with Crippen LogP contribution in [0.1, 0.15) is 10.6 Å². The van der Waals surface area contributed by atoms with Crippen LogP contribution in [0.4, 0.5) is 0 Å². The Morgan fingerprint density at radius 3 is 3.00 bits per heavy atom. The van der Waals surface area contributed by atoms with E-state index in [1.807, 2.05) is 12.4 Å². The first-order chi connectivity index (χ1) is 6.84. The molecule has 0 saturated carbocycles. The molecule has 0 bridgehead atoms. The zero-order valence-corrected chi connectivity index (χ0v) is 9.18. The molecule has 1 aromatic heterocycles. The molecular weight excluding hydrogens is 198 g/mol. The van der Waals surface area contributed by atoms with Crippen LogP contribution in [0.25, 0.3) is 0 Å². The number of ether oxygens (including phenoxy) is 2. The van der Waals surface area contributed by atoms with E-state index in [9.17, 15) is 0 Å². The Balaban J connectivity index is 2.04. The summed E-state index contributed by atoms with van der Waals surface area (Å²) in [5, 5.41) is 0. The maximum absolute atomic E-state index is 5.37. The van der Waals surface area contributed by atoms with Crippen molar-refractivity contribution in [2.24, 2.45) is 0 Å².